The second-order valence-electron chi connectivity index (χ2n) is 4.96. The topological polar surface area (TPSA) is 49.3 Å². The lowest BCUT2D eigenvalue weighted by molar-refractivity contribution is 0.780. The molecule has 0 unspecified atom stereocenters. The molecule has 2 aromatic rings. The van der Waals surface area contributed by atoms with Crippen LogP contribution in [0, 0.1) is 6.92 Å². The van der Waals surface area contributed by atoms with Gasteiger partial charge in [0, 0.05) is 24.8 Å². The average molecular weight is 317 g/mol. The average Bonchev–Trinajstić information content (AvgIpc) is 2.54. The predicted molar refractivity (Wildman–Crippen MR) is 92.3 cm³/mol. The molecule has 2 N–H and O–H groups in total. The van der Waals surface area contributed by atoms with E-state index in [2.05, 4.69) is 33.6 Å². The molecular weight excluding hydrogens is 296 g/mol. The van der Waals surface area contributed by atoms with Crippen LogP contribution in [0.15, 0.2) is 47.6 Å². The molecule has 1 heterocycles. The van der Waals surface area contributed by atoms with E-state index in [4.69, 9.17) is 11.6 Å². The zero-order valence-corrected chi connectivity index (χ0v) is 13.7. The van der Waals surface area contributed by atoms with Crippen LogP contribution in [0.3, 0.4) is 0 Å². The minimum atomic E-state index is 0.651. The first kappa shape index (κ1) is 16.3. The van der Waals surface area contributed by atoms with Gasteiger partial charge in [-0.15, -0.1) is 0 Å². The van der Waals surface area contributed by atoms with Crippen molar-refractivity contribution >= 4 is 17.6 Å². The Bertz CT molecular complexity index is 640. The van der Waals surface area contributed by atoms with E-state index in [9.17, 15) is 0 Å². The largest absolute Gasteiger partial charge is 0.356 e. The number of aliphatic imine (C=N–C) groups is 1. The van der Waals surface area contributed by atoms with Crippen molar-refractivity contribution in [2.24, 2.45) is 4.99 Å². The van der Waals surface area contributed by atoms with Gasteiger partial charge in [0.15, 0.2) is 5.96 Å². The van der Waals surface area contributed by atoms with Crippen molar-refractivity contribution in [1.29, 1.82) is 0 Å². The molecular formula is C17H21ClN4. The van der Waals surface area contributed by atoms with Crippen molar-refractivity contribution in [3.05, 3.63) is 64.4 Å². The molecule has 0 spiro atoms. The molecule has 0 aliphatic rings. The Balaban J connectivity index is 1.81. The fraction of sp³-hybridized carbons (Fsp3) is 0.294. The fourth-order valence-electron chi connectivity index (χ4n) is 2.11. The molecule has 0 saturated carbocycles. The Kier molecular flexibility index (Phi) is 6.22. The quantitative estimate of drug-likeness (QED) is 0.658. The maximum Gasteiger partial charge on any atom is 0.191 e. The second-order valence-corrected chi connectivity index (χ2v) is 5.37. The highest BCUT2D eigenvalue weighted by atomic mass is 35.5. The summed E-state index contributed by atoms with van der Waals surface area (Å²) >= 11 is 6.15. The number of pyridine rings is 1. The molecule has 0 bridgehead atoms. The molecule has 0 amide bonds. The SMILES string of the molecule is CN=C(NCCc1ccccc1Cl)NCc1ncccc1C. The fourth-order valence-corrected chi connectivity index (χ4v) is 2.34. The summed E-state index contributed by atoms with van der Waals surface area (Å²) < 4.78 is 0. The number of hydrogen-bond donors (Lipinski definition) is 2. The highest BCUT2D eigenvalue weighted by Crippen LogP contribution is 2.14. The maximum atomic E-state index is 6.15. The molecule has 5 heteroatoms. The van der Waals surface area contributed by atoms with Gasteiger partial charge in [-0.3, -0.25) is 9.98 Å². The van der Waals surface area contributed by atoms with E-state index in [-0.39, 0.29) is 0 Å². The number of aromatic nitrogens is 1. The molecule has 0 aliphatic heterocycles. The minimum absolute atomic E-state index is 0.651. The Hall–Kier alpha value is -2.07. The summed E-state index contributed by atoms with van der Waals surface area (Å²) in [7, 11) is 1.76. The second kappa shape index (κ2) is 8.39. The van der Waals surface area contributed by atoms with Gasteiger partial charge < -0.3 is 10.6 Å². The number of nitrogens with one attached hydrogen (secondary N) is 2. The highest BCUT2D eigenvalue weighted by molar-refractivity contribution is 6.31. The normalized spacial score (nSPS) is 11.3. The van der Waals surface area contributed by atoms with Crippen molar-refractivity contribution < 1.29 is 0 Å². The van der Waals surface area contributed by atoms with Gasteiger partial charge in [0.25, 0.3) is 0 Å². The lowest BCUT2D eigenvalue weighted by atomic mass is 10.1. The summed E-state index contributed by atoms with van der Waals surface area (Å²) in [6.07, 6.45) is 2.65. The third kappa shape index (κ3) is 4.74. The molecule has 2 rings (SSSR count). The van der Waals surface area contributed by atoms with E-state index in [1.54, 1.807) is 13.2 Å². The van der Waals surface area contributed by atoms with Crippen molar-refractivity contribution in [3.63, 3.8) is 0 Å². The Morgan fingerprint density at radius 1 is 1.18 bits per heavy atom. The molecule has 0 radical (unpaired) electrons. The molecule has 0 fully saturated rings. The lowest BCUT2D eigenvalue weighted by Gasteiger charge is -2.13. The van der Waals surface area contributed by atoms with Crippen LogP contribution < -0.4 is 10.6 Å². The van der Waals surface area contributed by atoms with Gasteiger partial charge in [-0.1, -0.05) is 35.9 Å². The van der Waals surface area contributed by atoms with E-state index >= 15 is 0 Å². The number of nitrogens with zero attached hydrogens (tertiary/aromatic N) is 2. The van der Waals surface area contributed by atoms with Crippen LogP contribution >= 0.6 is 11.6 Å². The predicted octanol–water partition coefficient (Wildman–Crippen LogP) is 2.95. The van der Waals surface area contributed by atoms with Crippen LogP contribution in [-0.2, 0) is 13.0 Å². The first-order valence-electron chi connectivity index (χ1n) is 7.29. The summed E-state index contributed by atoms with van der Waals surface area (Å²) in [4.78, 5) is 8.58. The highest BCUT2D eigenvalue weighted by Gasteiger charge is 2.03. The number of rotatable bonds is 5. The number of halogens is 1. The van der Waals surface area contributed by atoms with Gasteiger partial charge >= 0.3 is 0 Å². The van der Waals surface area contributed by atoms with Crippen molar-refractivity contribution in [3.8, 4) is 0 Å². The van der Waals surface area contributed by atoms with Gasteiger partial charge in [-0.25, -0.2) is 0 Å². The lowest BCUT2D eigenvalue weighted by Crippen LogP contribution is -2.38. The number of guanidine groups is 1. The van der Waals surface area contributed by atoms with Crippen molar-refractivity contribution in [2.45, 2.75) is 19.9 Å². The van der Waals surface area contributed by atoms with Gasteiger partial charge in [0.05, 0.1) is 12.2 Å². The summed E-state index contributed by atoms with van der Waals surface area (Å²) in [5.41, 5.74) is 3.32. The van der Waals surface area contributed by atoms with E-state index in [1.807, 2.05) is 30.3 Å². The standard InChI is InChI=1S/C17H21ClN4/c1-13-6-5-10-20-16(13)12-22-17(19-2)21-11-9-14-7-3-4-8-15(14)18/h3-8,10H,9,11-12H2,1-2H3,(H2,19,21,22). The third-order valence-electron chi connectivity index (χ3n) is 3.41. The molecule has 1 aromatic heterocycles. The van der Waals surface area contributed by atoms with Crippen molar-refractivity contribution in [2.75, 3.05) is 13.6 Å². The van der Waals surface area contributed by atoms with Crippen LogP contribution in [-0.4, -0.2) is 24.5 Å². The van der Waals surface area contributed by atoms with Crippen LogP contribution in [0.5, 0.6) is 0 Å². The molecule has 0 saturated heterocycles. The zero-order chi connectivity index (χ0) is 15.8. The summed E-state index contributed by atoms with van der Waals surface area (Å²) in [5, 5.41) is 7.36. The molecule has 1 aromatic carbocycles. The van der Waals surface area contributed by atoms with Gasteiger partial charge in [-0.05, 0) is 36.6 Å². The maximum absolute atomic E-state index is 6.15. The van der Waals surface area contributed by atoms with E-state index in [0.717, 1.165) is 35.2 Å². The summed E-state index contributed by atoms with van der Waals surface area (Å²) in [5.74, 6) is 0.761. The smallest absolute Gasteiger partial charge is 0.191 e. The monoisotopic (exact) mass is 316 g/mol. The Morgan fingerprint density at radius 3 is 2.73 bits per heavy atom. The summed E-state index contributed by atoms with van der Waals surface area (Å²) in [6.45, 7) is 3.47. The number of hydrogen-bond acceptors (Lipinski definition) is 2. The van der Waals surface area contributed by atoms with Crippen LogP contribution in [0.4, 0.5) is 0 Å². The first-order chi connectivity index (χ1) is 10.7. The van der Waals surface area contributed by atoms with Gasteiger partial charge in [0.2, 0.25) is 0 Å². The van der Waals surface area contributed by atoms with E-state index in [1.165, 1.54) is 5.56 Å². The molecule has 0 aliphatic carbocycles. The first-order valence-corrected chi connectivity index (χ1v) is 7.67. The van der Waals surface area contributed by atoms with Gasteiger partial charge in [-0.2, -0.15) is 0 Å². The van der Waals surface area contributed by atoms with Crippen LogP contribution in [0.1, 0.15) is 16.8 Å². The summed E-state index contributed by atoms with van der Waals surface area (Å²) in [6, 6.07) is 11.9. The number of aryl methyl sites for hydroxylation is 1. The van der Waals surface area contributed by atoms with Crippen LogP contribution in [0.2, 0.25) is 5.02 Å². The molecule has 0 atom stereocenters. The van der Waals surface area contributed by atoms with E-state index < -0.39 is 0 Å². The zero-order valence-electron chi connectivity index (χ0n) is 12.9. The Morgan fingerprint density at radius 2 is 2.00 bits per heavy atom. The van der Waals surface area contributed by atoms with Gasteiger partial charge in [0.1, 0.15) is 0 Å². The molecule has 116 valence electrons. The Labute approximate surface area is 136 Å². The number of benzene rings is 1. The van der Waals surface area contributed by atoms with Crippen molar-refractivity contribution in [1.82, 2.24) is 15.6 Å². The molecule has 4 nitrogen and oxygen atoms in total. The third-order valence-corrected chi connectivity index (χ3v) is 3.78. The van der Waals surface area contributed by atoms with Crippen LogP contribution in [0.25, 0.3) is 0 Å². The minimum Gasteiger partial charge on any atom is -0.356 e. The molecule has 22 heavy (non-hydrogen) atoms. The van der Waals surface area contributed by atoms with E-state index in [0.29, 0.717) is 6.54 Å².